The van der Waals surface area contributed by atoms with E-state index in [1.165, 1.54) is 23.1 Å². The third-order valence-corrected chi connectivity index (χ3v) is 5.60. The predicted octanol–water partition coefficient (Wildman–Crippen LogP) is 3.36. The highest BCUT2D eigenvalue weighted by Gasteiger charge is 2.19. The molecule has 0 radical (unpaired) electrons. The van der Waals surface area contributed by atoms with Crippen molar-refractivity contribution in [2.45, 2.75) is 4.90 Å². The minimum atomic E-state index is -4.00. The Bertz CT molecular complexity index is 1300. The number of para-hydroxylation sites is 3. The Hall–Kier alpha value is -3.72. The molecule has 9 heteroatoms. The Kier molecular flexibility index (Phi) is 4.73. The Labute approximate surface area is 165 Å². The van der Waals surface area contributed by atoms with Gasteiger partial charge in [-0.05, 0) is 48.5 Å². The van der Waals surface area contributed by atoms with E-state index in [1.807, 2.05) is 18.2 Å². The number of nitrogens with zero attached hydrogens (tertiary/aromatic N) is 2. The van der Waals surface area contributed by atoms with Crippen LogP contribution in [0.3, 0.4) is 0 Å². The van der Waals surface area contributed by atoms with Gasteiger partial charge >= 0.3 is 0 Å². The molecule has 146 valence electrons. The van der Waals surface area contributed by atoms with Crippen LogP contribution in [0.4, 0.5) is 10.1 Å². The molecule has 1 heterocycles. The van der Waals surface area contributed by atoms with Crippen LogP contribution in [0.25, 0.3) is 11.0 Å². The van der Waals surface area contributed by atoms with E-state index in [4.69, 9.17) is 0 Å². The van der Waals surface area contributed by atoms with Crippen LogP contribution in [0.15, 0.2) is 84.0 Å². The zero-order valence-electron chi connectivity index (χ0n) is 14.9. The molecule has 0 unspecified atom stereocenters. The van der Waals surface area contributed by atoms with Crippen molar-refractivity contribution in [1.82, 2.24) is 9.66 Å². The summed E-state index contributed by atoms with van der Waals surface area (Å²) < 4.78 is 42.1. The van der Waals surface area contributed by atoms with E-state index in [9.17, 15) is 17.6 Å². The maximum absolute atomic E-state index is 13.1. The van der Waals surface area contributed by atoms with Crippen LogP contribution in [0.2, 0.25) is 0 Å². The van der Waals surface area contributed by atoms with Crippen molar-refractivity contribution in [3.8, 4) is 0 Å². The number of carbonyl (C=O) groups excluding carboxylic acids is 1. The van der Waals surface area contributed by atoms with Crippen LogP contribution in [0.5, 0.6) is 0 Å². The van der Waals surface area contributed by atoms with Gasteiger partial charge < -0.3 is 0 Å². The average Bonchev–Trinajstić information content (AvgIpc) is 3.11. The lowest BCUT2D eigenvalue weighted by atomic mass is 10.2. The lowest BCUT2D eigenvalue weighted by Crippen LogP contribution is -2.24. The quantitative estimate of drug-likeness (QED) is 0.528. The molecule has 0 atom stereocenters. The van der Waals surface area contributed by atoms with Crippen molar-refractivity contribution in [2.75, 3.05) is 10.1 Å². The largest absolute Gasteiger partial charge is 0.279 e. The van der Waals surface area contributed by atoms with E-state index >= 15 is 0 Å². The number of sulfonamides is 1. The van der Waals surface area contributed by atoms with Gasteiger partial charge in [-0.25, -0.2) is 22.5 Å². The number of halogens is 1. The first-order chi connectivity index (χ1) is 13.9. The molecule has 4 rings (SSSR count). The van der Waals surface area contributed by atoms with E-state index in [0.717, 1.165) is 24.3 Å². The van der Waals surface area contributed by atoms with Gasteiger partial charge in [-0.15, -0.1) is 0 Å². The first kappa shape index (κ1) is 18.6. The fourth-order valence-corrected chi connectivity index (χ4v) is 3.89. The number of anilines is 1. The number of aromatic nitrogens is 2. The van der Waals surface area contributed by atoms with Gasteiger partial charge in [0.2, 0.25) is 0 Å². The summed E-state index contributed by atoms with van der Waals surface area (Å²) in [6.45, 7) is 0. The third-order valence-electron chi connectivity index (χ3n) is 4.22. The van der Waals surface area contributed by atoms with Gasteiger partial charge in [-0.2, -0.15) is 0 Å². The van der Waals surface area contributed by atoms with Gasteiger partial charge in [0.05, 0.1) is 27.2 Å². The molecular weight excluding hydrogens is 395 g/mol. The van der Waals surface area contributed by atoms with Crippen LogP contribution >= 0.6 is 0 Å². The highest BCUT2D eigenvalue weighted by molar-refractivity contribution is 7.92. The molecule has 7 nitrogen and oxygen atoms in total. The van der Waals surface area contributed by atoms with Crippen LogP contribution in [-0.4, -0.2) is 24.0 Å². The maximum Gasteiger partial charge on any atom is 0.272 e. The predicted molar refractivity (Wildman–Crippen MR) is 107 cm³/mol. The van der Waals surface area contributed by atoms with Crippen molar-refractivity contribution < 1.29 is 17.6 Å². The molecule has 0 aliphatic rings. The molecule has 0 saturated heterocycles. The summed E-state index contributed by atoms with van der Waals surface area (Å²) in [7, 11) is -4.00. The van der Waals surface area contributed by atoms with Crippen molar-refractivity contribution in [2.24, 2.45) is 0 Å². The molecule has 0 aliphatic carbocycles. The number of benzene rings is 3. The van der Waals surface area contributed by atoms with E-state index in [2.05, 4.69) is 15.1 Å². The standard InChI is InChI=1S/C20H15FN4O3S/c21-14-9-11-15(12-10-14)29(27,28)24-17-6-2-1-5-16(17)20(26)23-25-13-22-18-7-3-4-8-19(18)25/h1-13,24H,(H,23,26). The fraction of sp³-hybridized carbons (Fsp3) is 0. The first-order valence-corrected chi connectivity index (χ1v) is 10.0. The van der Waals surface area contributed by atoms with Crippen molar-refractivity contribution in [1.29, 1.82) is 0 Å². The van der Waals surface area contributed by atoms with Crippen LogP contribution in [0, 0.1) is 5.82 Å². The summed E-state index contributed by atoms with van der Waals surface area (Å²) in [6.07, 6.45) is 1.47. The number of imidazole rings is 1. The van der Waals surface area contributed by atoms with Crippen molar-refractivity contribution in [3.05, 3.63) is 90.5 Å². The van der Waals surface area contributed by atoms with Crippen LogP contribution < -0.4 is 10.1 Å². The lowest BCUT2D eigenvalue weighted by molar-refractivity contribution is 0.101. The Morgan fingerprint density at radius 3 is 2.41 bits per heavy atom. The Balaban J connectivity index is 1.62. The van der Waals surface area contributed by atoms with E-state index in [1.54, 1.807) is 18.2 Å². The van der Waals surface area contributed by atoms with Crippen LogP contribution in [0.1, 0.15) is 10.4 Å². The summed E-state index contributed by atoms with van der Waals surface area (Å²) in [4.78, 5) is 16.9. The number of hydrogen-bond donors (Lipinski definition) is 2. The molecule has 0 spiro atoms. The first-order valence-electron chi connectivity index (χ1n) is 8.55. The third kappa shape index (κ3) is 3.81. The second kappa shape index (κ2) is 7.36. The van der Waals surface area contributed by atoms with Gasteiger partial charge in [0.15, 0.2) is 0 Å². The number of rotatable bonds is 5. The number of hydrogen-bond acceptors (Lipinski definition) is 4. The number of carbonyl (C=O) groups is 1. The zero-order valence-corrected chi connectivity index (χ0v) is 15.7. The number of amides is 1. The number of fused-ring (bicyclic) bond motifs is 1. The van der Waals surface area contributed by atoms with Crippen molar-refractivity contribution >= 4 is 32.7 Å². The van der Waals surface area contributed by atoms with Gasteiger partial charge in [-0.1, -0.05) is 24.3 Å². The minimum absolute atomic E-state index is 0.0961. The zero-order chi connectivity index (χ0) is 20.4. The fourth-order valence-electron chi connectivity index (χ4n) is 2.81. The average molecular weight is 410 g/mol. The molecule has 4 aromatic rings. The minimum Gasteiger partial charge on any atom is -0.279 e. The van der Waals surface area contributed by atoms with Gasteiger partial charge in [0.1, 0.15) is 12.1 Å². The lowest BCUT2D eigenvalue weighted by Gasteiger charge is -2.13. The van der Waals surface area contributed by atoms with E-state index in [0.29, 0.717) is 11.0 Å². The molecular formula is C20H15FN4O3S. The summed E-state index contributed by atoms with van der Waals surface area (Å²) >= 11 is 0. The van der Waals surface area contributed by atoms with Gasteiger partial charge in [-0.3, -0.25) is 14.9 Å². The molecule has 2 N–H and O–H groups in total. The number of nitrogens with one attached hydrogen (secondary N) is 2. The topological polar surface area (TPSA) is 93.1 Å². The normalized spacial score (nSPS) is 11.3. The second-order valence-corrected chi connectivity index (χ2v) is 7.83. The molecule has 1 amide bonds. The molecule has 1 aromatic heterocycles. The highest BCUT2D eigenvalue weighted by atomic mass is 32.2. The SMILES string of the molecule is O=C(Nn1cnc2ccccc21)c1ccccc1NS(=O)(=O)c1ccc(F)cc1. The smallest absolute Gasteiger partial charge is 0.272 e. The van der Waals surface area contributed by atoms with E-state index in [-0.39, 0.29) is 16.1 Å². The van der Waals surface area contributed by atoms with Gasteiger partial charge in [0, 0.05) is 0 Å². The summed E-state index contributed by atoms with van der Waals surface area (Å²) in [5.74, 6) is -1.07. The molecule has 0 aliphatic heterocycles. The molecule has 0 saturated carbocycles. The summed E-state index contributed by atoms with van der Waals surface area (Å²) in [6, 6.07) is 17.9. The van der Waals surface area contributed by atoms with Gasteiger partial charge in [0.25, 0.3) is 15.9 Å². The van der Waals surface area contributed by atoms with Crippen molar-refractivity contribution in [3.63, 3.8) is 0 Å². The summed E-state index contributed by atoms with van der Waals surface area (Å²) in [5.41, 5.74) is 4.31. The second-order valence-electron chi connectivity index (χ2n) is 6.15. The van der Waals surface area contributed by atoms with Crippen LogP contribution in [-0.2, 0) is 10.0 Å². The Morgan fingerprint density at radius 1 is 0.931 bits per heavy atom. The Morgan fingerprint density at radius 2 is 1.62 bits per heavy atom. The highest BCUT2D eigenvalue weighted by Crippen LogP contribution is 2.21. The summed E-state index contributed by atoms with van der Waals surface area (Å²) in [5, 5.41) is 0. The molecule has 29 heavy (non-hydrogen) atoms. The van der Waals surface area contributed by atoms with E-state index < -0.39 is 21.7 Å². The maximum atomic E-state index is 13.1. The molecule has 0 bridgehead atoms. The molecule has 0 fully saturated rings. The monoisotopic (exact) mass is 410 g/mol. The molecule has 3 aromatic carbocycles.